The number of carbonyl (C=O) groups is 2. The Hall–Kier alpha value is -3.02. The Morgan fingerprint density at radius 2 is 1.70 bits per heavy atom. The van der Waals surface area contributed by atoms with Gasteiger partial charge in [-0.15, -0.1) is 0 Å². The van der Waals surface area contributed by atoms with E-state index in [0.29, 0.717) is 37.5 Å². The lowest BCUT2D eigenvalue weighted by atomic mass is 9.94. The summed E-state index contributed by atoms with van der Waals surface area (Å²) in [7, 11) is 0. The van der Waals surface area contributed by atoms with Crippen molar-refractivity contribution in [2.75, 3.05) is 19.8 Å². The Bertz CT molecular complexity index is 816. The minimum Gasteiger partial charge on any atom is -0.484 e. The molecule has 2 fully saturated rings. The van der Waals surface area contributed by atoms with Crippen molar-refractivity contribution in [3.05, 3.63) is 54.6 Å². The van der Waals surface area contributed by atoms with Crippen LogP contribution >= 0.6 is 0 Å². The number of ether oxygens (including phenoxy) is 3. The number of hydrogen-bond donors (Lipinski definition) is 0. The SMILES string of the molecule is O=C(COc1ccc(Oc2ccccc2)cc1)N1CCC[C@@]12CCOC2=O. The van der Waals surface area contributed by atoms with Gasteiger partial charge < -0.3 is 19.1 Å². The van der Waals surface area contributed by atoms with E-state index < -0.39 is 5.54 Å². The van der Waals surface area contributed by atoms with Crippen LogP contribution in [0.4, 0.5) is 0 Å². The largest absolute Gasteiger partial charge is 0.484 e. The van der Waals surface area contributed by atoms with Crippen LogP contribution in [0.2, 0.25) is 0 Å². The Morgan fingerprint density at radius 3 is 2.41 bits per heavy atom. The molecule has 4 rings (SSSR count). The van der Waals surface area contributed by atoms with Crippen LogP contribution in [0.3, 0.4) is 0 Å². The van der Waals surface area contributed by atoms with Crippen LogP contribution in [-0.4, -0.2) is 42.1 Å². The van der Waals surface area contributed by atoms with Gasteiger partial charge in [-0.1, -0.05) is 18.2 Å². The summed E-state index contributed by atoms with van der Waals surface area (Å²) >= 11 is 0. The molecule has 0 aliphatic carbocycles. The predicted octanol–water partition coefficient (Wildman–Crippen LogP) is 3.17. The zero-order valence-corrected chi connectivity index (χ0v) is 14.9. The molecule has 6 heteroatoms. The fourth-order valence-corrected chi connectivity index (χ4v) is 3.71. The quantitative estimate of drug-likeness (QED) is 0.760. The molecule has 140 valence electrons. The maximum absolute atomic E-state index is 12.6. The molecular weight excluding hydrogens is 346 g/mol. The van der Waals surface area contributed by atoms with Gasteiger partial charge in [-0.05, 0) is 49.2 Å². The summed E-state index contributed by atoms with van der Waals surface area (Å²) in [6, 6.07) is 16.6. The van der Waals surface area contributed by atoms with Gasteiger partial charge in [0.15, 0.2) is 6.61 Å². The molecule has 0 N–H and O–H groups in total. The number of rotatable bonds is 5. The normalized spacial score (nSPS) is 21.3. The minimum atomic E-state index is -0.770. The second-order valence-corrected chi connectivity index (χ2v) is 6.74. The number of carbonyl (C=O) groups excluding carboxylic acids is 2. The number of hydrogen-bond acceptors (Lipinski definition) is 5. The number of cyclic esters (lactones) is 1. The van der Waals surface area contributed by atoms with Gasteiger partial charge in [0.25, 0.3) is 5.91 Å². The maximum Gasteiger partial charge on any atom is 0.332 e. The first-order chi connectivity index (χ1) is 13.2. The lowest BCUT2D eigenvalue weighted by molar-refractivity contribution is -0.153. The highest BCUT2D eigenvalue weighted by molar-refractivity contribution is 5.90. The molecule has 2 aromatic rings. The first-order valence-electron chi connectivity index (χ1n) is 9.11. The number of benzene rings is 2. The summed E-state index contributed by atoms with van der Waals surface area (Å²) in [6.45, 7) is 0.849. The number of para-hydroxylation sites is 1. The van der Waals surface area contributed by atoms with Crippen LogP contribution in [-0.2, 0) is 14.3 Å². The molecule has 6 nitrogen and oxygen atoms in total. The van der Waals surface area contributed by atoms with Crippen LogP contribution in [0.1, 0.15) is 19.3 Å². The van der Waals surface area contributed by atoms with Gasteiger partial charge >= 0.3 is 5.97 Å². The third-order valence-corrected chi connectivity index (χ3v) is 5.08. The van der Waals surface area contributed by atoms with Gasteiger partial charge in [-0.2, -0.15) is 0 Å². The van der Waals surface area contributed by atoms with Crippen molar-refractivity contribution in [3.63, 3.8) is 0 Å². The molecule has 1 spiro atoms. The van der Waals surface area contributed by atoms with Crippen LogP contribution < -0.4 is 9.47 Å². The second kappa shape index (κ2) is 7.31. The Labute approximate surface area is 157 Å². The van der Waals surface area contributed by atoms with E-state index in [1.807, 2.05) is 30.3 Å². The molecule has 2 saturated heterocycles. The molecule has 0 aromatic heterocycles. The fourth-order valence-electron chi connectivity index (χ4n) is 3.71. The molecule has 0 radical (unpaired) electrons. The van der Waals surface area contributed by atoms with E-state index in [9.17, 15) is 9.59 Å². The molecule has 1 atom stereocenters. The molecule has 1 amide bonds. The summed E-state index contributed by atoms with van der Waals surface area (Å²) in [5.74, 6) is 1.55. The molecule has 2 aliphatic rings. The van der Waals surface area contributed by atoms with Gasteiger partial charge in [-0.25, -0.2) is 4.79 Å². The summed E-state index contributed by atoms with van der Waals surface area (Å²) in [4.78, 5) is 26.3. The van der Waals surface area contributed by atoms with Crippen LogP contribution in [0.15, 0.2) is 54.6 Å². The van der Waals surface area contributed by atoms with Gasteiger partial charge in [-0.3, -0.25) is 4.79 Å². The highest BCUT2D eigenvalue weighted by Crippen LogP contribution is 2.37. The molecule has 0 unspecified atom stereocenters. The van der Waals surface area contributed by atoms with E-state index in [2.05, 4.69) is 0 Å². The fraction of sp³-hybridized carbons (Fsp3) is 0.333. The van der Waals surface area contributed by atoms with E-state index in [1.54, 1.807) is 29.2 Å². The zero-order valence-electron chi connectivity index (χ0n) is 14.9. The van der Waals surface area contributed by atoms with Gasteiger partial charge in [0.1, 0.15) is 22.8 Å². The van der Waals surface area contributed by atoms with Crippen molar-refractivity contribution in [1.82, 2.24) is 4.90 Å². The Kier molecular flexibility index (Phi) is 4.71. The van der Waals surface area contributed by atoms with Crippen LogP contribution in [0.5, 0.6) is 17.2 Å². The number of likely N-dealkylation sites (tertiary alicyclic amines) is 1. The average molecular weight is 367 g/mol. The monoisotopic (exact) mass is 367 g/mol. The zero-order chi connectivity index (χ0) is 18.7. The molecular formula is C21H21NO5. The highest BCUT2D eigenvalue weighted by atomic mass is 16.5. The third-order valence-electron chi connectivity index (χ3n) is 5.08. The standard InChI is InChI=1S/C21H21NO5/c23-19(22-13-4-11-21(22)12-14-25-20(21)24)15-26-16-7-9-18(10-8-16)27-17-5-2-1-3-6-17/h1-3,5-10H,4,11-15H2/t21-/m0/s1. The third kappa shape index (κ3) is 3.47. The van der Waals surface area contributed by atoms with E-state index in [1.165, 1.54) is 0 Å². The van der Waals surface area contributed by atoms with Crippen molar-refractivity contribution in [2.24, 2.45) is 0 Å². The molecule has 27 heavy (non-hydrogen) atoms. The molecule has 2 aliphatic heterocycles. The Balaban J connectivity index is 1.34. The number of amides is 1. The van der Waals surface area contributed by atoms with Crippen molar-refractivity contribution in [2.45, 2.75) is 24.8 Å². The highest BCUT2D eigenvalue weighted by Gasteiger charge is 2.53. The predicted molar refractivity (Wildman–Crippen MR) is 97.7 cm³/mol. The van der Waals surface area contributed by atoms with Crippen molar-refractivity contribution < 1.29 is 23.8 Å². The lowest BCUT2D eigenvalue weighted by Crippen LogP contribution is -2.52. The summed E-state index contributed by atoms with van der Waals surface area (Å²) in [5, 5.41) is 0. The maximum atomic E-state index is 12.6. The van der Waals surface area contributed by atoms with E-state index in [0.717, 1.165) is 12.2 Å². The molecule has 0 bridgehead atoms. The van der Waals surface area contributed by atoms with Gasteiger partial charge in [0.2, 0.25) is 0 Å². The average Bonchev–Trinajstić information content (AvgIpc) is 3.29. The number of esters is 1. The minimum absolute atomic E-state index is 0.103. The topological polar surface area (TPSA) is 65.1 Å². The molecule has 2 aromatic carbocycles. The lowest BCUT2D eigenvalue weighted by Gasteiger charge is -2.31. The van der Waals surface area contributed by atoms with Crippen molar-refractivity contribution in [3.8, 4) is 17.2 Å². The van der Waals surface area contributed by atoms with E-state index in [-0.39, 0.29) is 18.5 Å². The van der Waals surface area contributed by atoms with E-state index >= 15 is 0 Å². The summed E-state index contributed by atoms with van der Waals surface area (Å²) in [5.41, 5.74) is -0.770. The van der Waals surface area contributed by atoms with Crippen molar-refractivity contribution >= 4 is 11.9 Å². The molecule has 0 saturated carbocycles. The summed E-state index contributed by atoms with van der Waals surface area (Å²) in [6.07, 6.45) is 2.05. The summed E-state index contributed by atoms with van der Waals surface area (Å²) < 4.78 is 16.5. The number of nitrogens with zero attached hydrogens (tertiary/aromatic N) is 1. The van der Waals surface area contributed by atoms with Crippen LogP contribution in [0.25, 0.3) is 0 Å². The smallest absolute Gasteiger partial charge is 0.332 e. The van der Waals surface area contributed by atoms with Gasteiger partial charge in [0.05, 0.1) is 6.61 Å². The van der Waals surface area contributed by atoms with E-state index in [4.69, 9.17) is 14.2 Å². The van der Waals surface area contributed by atoms with Crippen molar-refractivity contribution in [1.29, 1.82) is 0 Å². The first kappa shape index (κ1) is 17.4. The van der Waals surface area contributed by atoms with Crippen LogP contribution in [0, 0.1) is 0 Å². The second-order valence-electron chi connectivity index (χ2n) is 6.74. The first-order valence-corrected chi connectivity index (χ1v) is 9.11. The molecule has 2 heterocycles. The van der Waals surface area contributed by atoms with Gasteiger partial charge in [0, 0.05) is 13.0 Å². The Morgan fingerprint density at radius 1 is 1.00 bits per heavy atom.